The summed E-state index contributed by atoms with van der Waals surface area (Å²) in [5, 5.41) is 0.389. The maximum Gasteiger partial charge on any atom is 0.197 e. The molecule has 23 heavy (non-hydrogen) atoms. The maximum absolute atomic E-state index is 12.5. The first-order chi connectivity index (χ1) is 11.2. The number of fused-ring (bicyclic) bond motifs is 1. The fraction of sp³-hybridized carbons (Fsp3) is 0.167. The van der Waals surface area contributed by atoms with Crippen molar-refractivity contribution in [3.63, 3.8) is 0 Å². The minimum Gasteiger partial charge on any atom is -0.497 e. The standard InChI is InChI=1S/C18H16O5/c1-20-12-6-4-5-11(7-12)15-10-14(19)18-16(22-3)8-13(21-2)9-17(18)23-15/h4-10H,1-3H3. The minimum atomic E-state index is -0.177. The van der Waals surface area contributed by atoms with Crippen LogP contribution in [0.2, 0.25) is 0 Å². The van der Waals surface area contributed by atoms with Crippen LogP contribution in [-0.4, -0.2) is 21.3 Å². The lowest BCUT2D eigenvalue weighted by Gasteiger charge is -2.09. The zero-order valence-electron chi connectivity index (χ0n) is 13.1. The highest BCUT2D eigenvalue weighted by Crippen LogP contribution is 2.32. The van der Waals surface area contributed by atoms with Gasteiger partial charge in [-0.2, -0.15) is 0 Å². The quantitative estimate of drug-likeness (QED) is 0.738. The molecule has 0 spiro atoms. The van der Waals surface area contributed by atoms with Gasteiger partial charge in [0.2, 0.25) is 0 Å². The van der Waals surface area contributed by atoms with Gasteiger partial charge in [0, 0.05) is 23.8 Å². The van der Waals surface area contributed by atoms with Crippen LogP contribution in [0.1, 0.15) is 0 Å². The minimum absolute atomic E-state index is 0.177. The lowest BCUT2D eigenvalue weighted by atomic mass is 10.1. The van der Waals surface area contributed by atoms with E-state index >= 15 is 0 Å². The van der Waals surface area contributed by atoms with Crippen LogP contribution < -0.4 is 19.6 Å². The van der Waals surface area contributed by atoms with E-state index in [4.69, 9.17) is 18.6 Å². The van der Waals surface area contributed by atoms with Gasteiger partial charge in [-0.05, 0) is 12.1 Å². The van der Waals surface area contributed by atoms with Gasteiger partial charge < -0.3 is 18.6 Å². The normalized spacial score (nSPS) is 10.6. The number of rotatable bonds is 4. The monoisotopic (exact) mass is 312 g/mol. The van der Waals surface area contributed by atoms with Gasteiger partial charge in [0.15, 0.2) is 5.43 Å². The van der Waals surface area contributed by atoms with E-state index in [-0.39, 0.29) is 5.43 Å². The molecule has 118 valence electrons. The number of methoxy groups -OCH3 is 3. The Morgan fingerprint density at radius 3 is 2.35 bits per heavy atom. The number of ether oxygens (including phenoxy) is 3. The van der Waals surface area contributed by atoms with Crippen molar-refractivity contribution in [2.45, 2.75) is 0 Å². The van der Waals surface area contributed by atoms with Crippen molar-refractivity contribution in [2.24, 2.45) is 0 Å². The van der Waals surface area contributed by atoms with Gasteiger partial charge in [0.25, 0.3) is 0 Å². The van der Waals surface area contributed by atoms with Crippen LogP contribution in [0.4, 0.5) is 0 Å². The second-order valence-corrected chi connectivity index (χ2v) is 4.91. The molecule has 0 amide bonds. The van der Waals surface area contributed by atoms with Gasteiger partial charge in [-0.25, -0.2) is 0 Å². The zero-order valence-corrected chi connectivity index (χ0v) is 13.1. The Bertz CT molecular complexity index is 911. The maximum atomic E-state index is 12.5. The molecule has 2 aromatic carbocycles. The van der Waals surface area contributed by atoms with Gasteiger partial charge in [-0.15, -0.1) is 0 Å². The molecule has 0 saturated carbocycles. The molecule has 0 radical (unpaired) electrons. The Hall–Kier alpha value is -2.95. The van der Waals surface area contributed by atoms with E-state index in [0.717, 1.165) is 5.56 Å². The summed E-state index contributed by atoms with van der Waals surface area (Å²) in [5.41, 5.74) is 0.986. The molecular formula is C18H16O5. The Kier molecular flexibility index (Phi) is 3.93. The molecule has 3 aromatic rings. The average Bonchev–Trinajstić information content (AvgIpc) is 2.60. The molecule has 3 rings (SSSR count). The van der Waals surface area contributed by atoms with Crippen LogP contribution in [0.3, 0.4) is 0 Å². The van der Waals surface area contributed by atoms with Gasteiger partial charge in [0.1, 0.15) is 34.0 Å². The van der Waals surface area contributed by atoms with Crippen LogP contribution in [0, 0.1) is 0 Å². The van der Waals surface area contributed by atoms with Crippen LogP contribution in [-0.2, 0) is 0 Å². The van der Waals surface area contributed by atoms with Gasteiger partial charge in [-0.1, -0.05) is 12.1 Å². The summed E-state index contributed by atoms with van der Waals surface area (Å²) in [6.07, 6.45) is 0. The summed E-state index contributed by atoms with van der Waals surface area (Å²) in [6.45, 7) is 0. The summed E-state index contributed by atoms with van der Waals surface area (Å²) in [4.78, 5) is 12.5. The van der Waals surface area contributed by atoms with E-state index in [9.17, 15) is 4.79 Å². The van der Waals surface area contributed by atoms with Gasteiger partial charge in [0.05, 0.1) is 21.3 Å². The fourth-order valence-corrected chi connectivity index (χ4v) is 2.43. The molecule has 0 aliphatic heterocycles. The molecule has 0 aliphatic carbocycles. The van der Waals surface area contributed by atoms with Crippen molar-refractivity contribution in [3.8, 4) is 28.6 Å². The molecule has 0 fully saturated rings. The first-order valence-corrected chi connectivity index (χ1v) is 7.00. The van der Waals surface area contributed by atoms with Crippen molar-refractivity contribution in [1.82, 2.24) is 0 Å². The molecule has 5 heteroatoms. The van der Waals surface area contributed by atoms with Crippen LogP contribution in [0.25, 0.3) is 22.3 Å². The first kappa shape index (κ1) is 15.0. The average molecular weight is 312 g/mol. The van der Waals surface area contributed by atoms with E-state index in [1.165, 1.54) is 13.2 Å². The predicted octanol–water partition coefficient (Wildman–Crippen LogP) is 3.49. The first-order valence-electron chi connectivity index (χ1n) is 7.00. The topological polar surface area (TPSA) is 57.9 Å². The lowest BCUT2D eigenvalue weighted by Crippen LogP contribution is -2.03. The molecule has 0 aliphatic rings. The van der Waals surface area contributed by atoms with Crippen molar-refractivity contribution in [3.05, 3.63) is 52.7 Å². The Morgan fingerprint density at radius 2 is 1.65 bits per heavy atom. The predicted molar refractivity (Wildman–Crippen MR) is 87.6 cm³/mol. The highest BCUT2D eigenvalue weighted by molar-refractivity contribution is 5.86. The smallest absolute Gasteiger partial charge is 0.197 e. The highest BCUT2D eigenvalue weighted by Gasteiger charge is 2.13. The van der Waals surface area contributed by atoms with Crippen molar-refractivity contribution in [2.75, 3.05) is 21.3 Å². The van der Waals surface area contributed by atoms with Crippen molar-refractivity contribution >= 4 is 11.0 Å². The van der Waals surface area contributed by atoms with Crippen LogP contribution in [0.5, 0.6) is 17.2 Å². The molecule has 0 unspecified atom stereocenters. The Labute approximate surface area is 133 Å². The Balaban J connectivity index is 2.26. The zero-order chi connectivity index (χ0) is 16.4. The van der Waals surface area contributed by atoms with E-state index in [1.54, 1.807) is 26.4 Å². The highest BCUT2D eigenvalue weighted by atomic mass is 16.5. The second kappa shape index (κ2) is 6.04. The summed E-state index contributed by atoms with van der Waals surface area (Å²) in [6, 6.07) is 12.1. The number of hydrogen-bond acceptors (Lipinski definition) is 5. The van der Waals surface area contributed by atoms with E-state index in [1.807, 2.05) is 24.3 Å². The number of benzene rings is 2. The van der Waals surface area contributed by atoms with Crippen molar-refractivity contribution < 1.29 is 18.6 Å². The molecule has 0 atom stereocenters. The van der Waals surface area contributed by atoms with Crippen molar-refractivity contribution in [1.29, 1.82) is 0 Å². The summed E-state index contributed by atoms with van der Waals surface area (Å²) >= 11 is 0. The summed E-state index contributed by atoms with van der Waals surface area (Å²) in [7, 11) is 4.64. The number of hydrogen-bond donors (Lipinski definition) is 0. The third-order valence-corrected chi connectivity index (χ3v) is 3.58. The van der Waals surface area contributed by atoms with E-state index in [0.29, 0.717) is 34.0 Å². The molecular weight excluding hydrogens is 296 g/mol. The van der Waals surface area contributed by atoms with Crippen LogP contribution in [0.15, 0.2) is 51.7 Å². The molecule has 0 saturated heterocycles. The fourth-order valence-electron chi connectivity index (χ4n) is 2.43. The molecule has 1 aromatic heterocycles. The molecule has 5 nitrogen and oxygen atoms in total. The van der Waals surface area contributed by atoms with E-state index in [2.05, 4.69) is 0 Å². The summed E-state index contributed by atoms with van der Waals surface area (Å²) < 4.78 is 21.6. The SMILES string of the molecule is COc1cccc(-c2cc(=O)c3c(OC)cc(OC)cc3o2)c1. The molecule has 0 N–H and O–H groups in total. The molecule has 1 heterocycles. The Morgan fingerprint density at radius 1 is 0.870 bits per heavy atom. The summed E-state index contributed by atoms with van der Waals surface area (Å²) in [5.74, 6) is 2.12. The molecule has 0 bridgehead atoms. The third-order valence-electron chi connectivity index (χ3n) is 3.58. The third kappa shape index (κ3) is 2.73. The van der Waals surface area contributed by atoms with Crippen LogP contribution >= 0.6 is 0 Å². The lowest BCUT2D eigenvalue weighted by molar-refractivity contribution is 0.396. The van der Waals surface area contributed by atoms with E-state index < -0.39 is 0 Å². The largest absolute Gasteiger partial charge is 0.497 e. The van der Waals surface area contributed by atoms with Gasteiger partial charge >= 0.3 is 0 Å². The van der Waals surface area contributed by atoms with Gasteiger partial charge in [-0.3, -0.25) is 4.79 Å². The second-order valence-electron chi connectivity index (χ2n) is 4.91.